The zero-order valence-electron chi connectivity index (χ0n) is 10.6. The molecule has 0 radical (unpaired) electrons. The number of likely N-dealkylation sites (N-methyl/N-ethyl adjacent to an activating group) is 2. The second-order valence-electron chi connectivity index (χ2n) is 4.70. The summed E-state index contributed by atoms with van der Waals surface area (Å²) in [5.74, 6) is 0. The van der Waals surface area contributed by atoms with Crippen molar-refractivity contribution in [1.82, 2.24) is 10.2 Å². The van der Waals surface area contributed by atoms with Crippen molar-refractivity contribution in [2.75, 3.05) is 33.8 Å². The van der Waals surface area contributed by atoms with Gasteiger partial charge in [0.15, 0.2) is 0 Å². The average molecular weight is 202 g/mol. The Bertz CT molecular complexity index is 146. The van der Waals surface area contributed by atoms with Gasteiger partial charge in [-0.15, -0.1) is 0 Å². The standard InChI is InChI=1S/C11H26N2O/c1-10(2)14-9-11(3,4)13(6)8-7-12-5/h10,12H,7-9H2,1-6H3. The van der Waals surface area contributed by atoms with E-state index in [1.807, 2.05) is 7.05 Å². The fourth-order valence-corrected chi connectivity index (χ4v) is 1.06. The number of nitrogens with zero attached hydrogens (tertiary/aromatic N) is 1. The molecule has 0 bridgehead atoms. The van der Waals surface area contributed by atoms with Gasteiger partial charge in [-0.3, -0.25) is 4.90 Å². The van der Waals surface area contributed by atoms with E-state index in [0.29, 0.717) is 6.10 Å². The van der Waals surface area contributed by atoms with Crippen LogP contribution in [0.2, 0.25) is 0 Å². The minimum Gasteiger partial charge on any atom is -0.377 e. The predicted octanol–water partition coefficient (Wildman–Crippen LogP) is 1.34. The quantitative estimate of drug-likeness (QED) is 0.674. The molecule has 3 nitrogen and oxygen atoms in total. The van der Waals surface area contributed by atoms with Crippen LogP contribution in [0, 0.1) is 0 Å². The highest BCUT2D eigenvalue weighted by atomic mass is 16.5. The van der Waals surface area contributed by atoms with E-state index in [9.17, 15) is 0 Å². The van der Waals surface area contributed by atoms with E-state index < -0.39 is 0 Å². The smallest absolute Gasteiger partial charge is 0.0648 e. The van der Waals surface area contributed by atoms with Crippen LogP contribution in [0.1, 0.15) is 27.7 Å². The predicted molar refractivity (Wildman–Crippen MR) is 61.7 cm³/mol. The maximum atomic E-state index is 5.65. The van der Waals surface area contributed by atoms with Gasteiger partial charge >= 0.3 is 0 Å². The van der Waals surface area contributed by atoms with E-state index in [0.717, 1.165) is 19.7 Å². The van der Waals surface area contributed by atoms with Gasteiger partial charge in [-0.1, -0.05) is 0 Å². The Hall–Kier alpha value is -0.120. The molecular weight excluding hydrogens is 176 g/mol. The molecule has 0 fully saturated rings. The van der Waals surface area contributed by atoms with Crippen LogP contribution in [-0.2, 0) is 4.74 Å². The highest BCUT2D eigenvalue weighted by Crippen LogP contribution is 2.12. The first-order chi connectivity index (χ1) is 6.40. The zero-order chi connectivity index (χ0) is 11.2. The minimum absolute atomic E-state index is 0.112. The molecule has 86 valence electrons. The van der Waals surface area contributed by atoms with E-state index in [4.69, 9.17) is 4.74 Å². The van der Waals surface area contributed by atoms with E-state index in [1.165, 1.54) is 0 Å². The van der Waals surface area contributed by atoms with Gasteiger partial charge in [-0.05, 0) is 41.8 Å². The third-order valence-corrected chi connectivity index (χ3v) is 2.50. The largest absolute Gasteiger partial charge is 0.377 e. The van der Waals surface area contributed by atoms with Gasteiger partial charge in [0.2, 0.25) is 0 Å². The summed E-state index contributed by atoms with van der Waals surface area (Å²) in [7, 11) is 4.12. The third-order valence-electron chi connectivity index (χ3n) is 2.50. The van der Waals surface area contributed by atoms with Gasteiger partial charge in [-0.25, -0.2) is 0 Å². The average Bonchev–Trinajstić information content (AvgIpc) is 2.11. The van der Waals surface area contributed by atoms with Gasteiger partial charge < -0.3 is 10.1 Å². The lowest BCUT2D eigenvalue weighted by atomic mass is 10.1. The Morgan fingerprint density at radius 3 is 2.36 bits per heavy atom. The molecule has 0 unspecified atom stereocenters. The summed E-state index contributed by atoms with van der Waals surface area (Å²) in [6.07, 6.45) is 0.312. The molecule has 1 N–H and O–H groups in total. The third kappa shape index (κ3) is 5.58. The highest BCUT2D eigenvalue weighted by Gasteiger charge is 2.23. The van der Waals surface area contributed by atoms with Crippen LogP contribution in [0.4, 0.5) is 0 Å². The molecule has 0 saturated heterocycles. The first-order valence-corrected chi connectivity index (χ1v) is 5.37. The first kappa shape index (κ1) is 13.9. The lowest BCUT2D eigenvalue weighted by Crippen LogP contribution is -2.47. The second-order valence-corrected chi connectivity index (χ2v) is 4.70. The minimum atomic E-state index is 0.112. The summed E-state index contributed by atoms with van der Waals surface area (Å²) in [6.45, 7) is 11.4. The lowest BCUT2D eigenvalue weighted by Gasteiger charge is -2.35. The van der Waals surface area contributed by atoms with E-state index >= 15 is 0 Å². The number of hydrogen-bond donors (Lipinski definition) is 1. The molecule has 0 amide bonds. The van der Waals surface area contributed by atoms with Crippen molar-refractivity contribution < 1.29 is 4.74 Å². The van der Waals surface area contributed by atoms with Crippen molar-refractivity contribution >= 4 is 0 Å². The van der Waals surface area contributed by atoms with Gasteiger partial charge in [0.1, 0.15) is 0 Å². The maximum absolute atomic E-state index is 5.65. The van der Waals surface area contributed by atoms with Crippen molar-refractivity contribution in [2.45, 2.75) is 39.3 Å². The van der Waals surface area contributed by atoms with Crippen LogP contribution in [0.15, 0.2) is 0 Å². The van der Waals surface area contributed by atoms with Crippen molar-refractivity contribution in [3.63, 3.8) is 0 Å². The molecule has 0 aromatic heterocycles. The Kier molecular flexibility index (Phi) is 6.33. The van der Waals surface area contributed by atoms with Gasteiger partial charge in [0, 0.05) is 18.6 Å². The molecule has 0 rings (SSSR count). The molecule has 14 heavy (non-hydrogen) atoms. The summed E-state index contributed by atoms with van der Waals surface area (Å²) in [6, 6.07) is 0. The van der Waals surface area contributed by atoms with Crippen molar-refractivity contribution in [2.24, 2.45) is 0 Å². The molecule has 0 aromatic carbocycles. The topological polar surface area (TPSA) is 24.5 Å². The number of nitrogens with one attached hydrogen (secondary N) is 1. The summed E-state index contributed by atoms with van der Waals surface area (Å²) in [5, 5.41) is 3.15. The number of hydrogen-bond acceptors (Lipinski definition) is 3. The molecule has 0 atom stereocenters. The summed E-state index contributed by atoms with van der Waals surface area (Å²) in [5.41, 5.74) is 0.112. The number of ether oxygens (including phenoxy) is 1. The first-order valence-electron chi connectivity index (χ1n) is 5.37. The fraction of sp³-hybridized carbons (Fsp3) is 1.00. The van der Waals surface area contributed by atoms with Crippen LogP contribution in [0.25, 0.3) is 0 Å². The van der Waals surface area contributed by atoms with Crippen LogP contribution < -0.4 is 5.32 Å². The summed E-state index contributed by atoms with van der Waals surface area (Å²) < 4.78 is 5.65. The van der Waals surface area contributed by atoms with Crippen molar-refractivity contribution in [1.29, 1.82) is 0 Å². The van der Waals surface area contributed by atoms with Crippen LogP contribution in [-0.4, -0.2) is 50.3 Å². The summed E-state index contributed by atoms with van der Waals surface area (Å²) >= 11 is 0. The molecule has 3 heteroatoms. The molecule has 0 aliphatic carbocycles. The number of rotatable bonds is 7. The molecule has 0 heterocycles. The molecule has 0 aromatic rings. The molecule has 0 spiro atoms. The molecular formula is C11H26N2O. The van der Waals surface area contributed by atoms with Gasteiger partial charge in [0.05, 0.1) is 12.7 Å². The van der Waals surface area contributed by atoms with E-state index in [1.54, 1.807) is 0 Å². The Balaban J connectivity index is 3.89. The van der Waals surface area contributed by atoms with E-state index in [-0.39, 0.29) is 5.54 Å². The Morgan fingerprint density at radius 2 is 1.93 bits per heavy atom. The Labute approximate surface area is 88.8 Å². The maximum Gasteiger partial charge on any atom is 0.0648 e. The molecule has 0 saturated carbocycles. The van der Waals surface area contributed by atoms with E-state index in [2.05, 4.69) is 45.0 Å². The van der Waals surface area contributed by atoms with Crippen molar-refractivity contribution in [3.8, 4) is 0 Å². The zero-order valence-corrected chi connectivity index (χ0v) is 10.6. The van der Waals surface area contributed by atoms with Crippen LogP contribution in [0.3, 0.4) is 0 Å². The molecule has 0 aliphatic rings. The van der Waals surface area contributed by atoms with Gasteiger partial charge in [0.25, 0.3) is 0 Å². The second kappa shape index (κ2) is 6.38. The SMILES string of the molecule is CNCCN(C)C(C)(C)COC(C)C. The monoisotopic (exact) mass is 202 g/mol. The Morgan fingerprint density at radius 1 is 1.36 bits per heavy atom. The van der Waals surface area contributed by atoms with Gasteiger partial charge in [-0.2, -0.15) is 0 Å². The van der Waals surface area contributed by atoms with Crippen molar-refractivity contribution in [3.05, 3.63) is 0 Å². The highest BCUT2D eigenvalue weighted by molar-refractivity contribution is 4.79. The normalized spacial score (nSPS) is 12.9. The van der Waals surface area contributed by atoms with Crippen LogP contribution >= 0.6 is 0 Å². The summed E-state index contributed by atoms with van der Waals surface area (Å²) in [4.78, 5) is 2.33. The fourth-order valence-electron chi connectivity index (χ4n) is 1.06. The lowest BCUT2D eigenvalue weighted by molar-refractivity contribution is -0.00401. The van der Waals surface area contributed by atoms with Crippen LogP contribution in [0.5, 0.6) is 0 Å². The molecule has 0 aliphatic heterocycles.